The normalized spacial score (nSPS) is 11.5. The Morgan fingerprint density at radius 1 is 1.18 bits per heavy atom. The minimum absolute atomic E-state index is 0.140. The molecule has 6 heteroatoms. The molecule has 33 heavy (non-hydrogen) atoms. The van der Waals surface area contributed by atoms with Crippen LogP contribution in [-0.2, 0) is 4.74 Å². The molecule has 6 nitrogen and oxygen atoms in total. The van der Waals surface area contributed by atoms with Crippen molar-refractivity contribution >= 4 is 16.9 Å². The smallest absolute Gasteiger partial charge is 0.338 e. The molecule has 2 aromatic heterocycles. The van der Waals surface area contributed by atoms with Gasteiger partial charge in [0.1, 0.15) is 12.7 Å². The standard InChI is InChI=1S/C27H30N4O2/c1-18(2)7-6-8-20(5)12-14-33-27(32)22-11-13-29-24(16-22)21-9-10-26-23(15-21)25(17-28)30-31(26)19(3)4/h7,9-13,15-16,19H,6,8,14H2,1-5H3. The van der Waals surface area contributed by atoms with Gasteiger partial charge in [-0.15, -0.1) is 0 Å². The summed E-state index contributed by atoms with van der Waals surface area (Å²) >= 11 is 0. The van der Waals surface area contributed by atoms with Gasteiger partial charge in [0, 0.05) is 23.2 Å². The molecule has 0 N–H and O–H groups in total. The molecule has 0 amide bonds. The fourth-order valence-corrected chi connectivity index (χ4v) is 3.53. The van der Waals surface area contributed by atoms with Crippen molar-refractivity contribution in [3.05, 3.63) is 71.1 Å². The van der Waals surface area contributed by atoms with E-state index in [1.54, 1.807) is 18.3 Å². The van der Waals surface area contributed by atoms with Crippen LogP contribution in [0.15, 0.2) is 59.8 Å². The number of nitrogens with zero attached hydrogens (tertiary/aromatic N) is 4. The van der Waals surface area contributed by atoms with Gasteiger partial charge in [-0.05, 0) is 77.8 Å². The summed E-state index contributed by atoms with van der Waals surface area (Å²) in [5, 5.41) is 14.7. The van der Waals surface area contributed by atoms with Gasteiger partial charge in [-0.2, -0.15) is 10.4 Å². The van der Waals surface area contributed by atoms with Gasteiger partial charge in [0.2, 0.25) is 0 Å². The van der Waals surface area contributed by atoms with Crippen molar-refractivity contribution in [2.45, 2.75) is 53.5 Å². The van der Waals surface area contributed by atoms with E-state index in [1.807, 2.05) is 49.7 Å². The fraction of sp³-hybridized carbons (Fsp3) is 0.333. The molecule has 170 valence electrons. The van der Waals surface area contributed by atoms with E-state index in [0.717, 1.165) is 29.3 Å². The molecule has 0 spiro atoms. The van der Waals surface area contributed by atoms with Gasteiger partial charge in [0.15, 0.2) is 5.69 Å². The van der Waals surface area contributed by atoms with Crippen LogP contribution in [0.3, 0.4) is 0 Å². The zero-order chi connectivity index (χ0) is 24.0. The summed E-state index contributed by atoms with van der Waals surface area (Å²) in [5.74, 6) is -0.390. The second-order valence-electron chi connectivity index (χ2n) is 8.63. The summed E-state index contributed by atoms with van der Waals surface area (Å²) in [6.45, 7) is 10.5. The molecule has 0 aliphatic carbocycles. The van der Waals surface area contributed by atoms with Gasteiger partial charge < -0.3 is 4.74 Å². The number of rotatable bonds is 8. The van der Waals surface area contributed by atoms with Crippen molar-refractivity contribution in [3.8, 4) is 17.3 Å². The number of fused-ring (bicyclic) bond motifs is 1. The second-order valence-corrected chi connectivity index (χ2v) is 8.63. The number of allylic oxidation sites excluding steroid dienone is 3. The lowest BCUT2D eigenvalue weighted by Gasteiger charge is -2.08. The minimum atomic E-state index is -0.390. The number of benzene rings is 1. The predicted molar refractivity (Wildman–Crippen MR) is 131 cm³/mol. The lowest BCUT2D eigenvalue weighted by atomic mass is 10.1. The van der Waals surface area contributed by atoms with Crippen molar-refractivity contribution in [3.63, 3.8) is 0 Å². The maximum absolute atomic E-state index is 12.6. The molecule has 0 radical (unpaired) electrons. The first-order valence-corrected chi connectivity index (χ1v) is 11.1. The third kappa shape index (κ3) is 5.95. The Hall–Kier alpha value is -3.72. The third-order valence-electron chi connectivity index (χ3n) is 5.33. The van der Waals surface area contributed by atoms with E-state index < -0.39 is 5.97 Å². The number of aromatic nitrogens is 3. The molecule has 0 atom stereocenters. The van der Waals surface area contributed by atoms with Gasteiger partial charge in [0.05, 0.1) is 16.8 Å². The summed E-state index contributed by atoms with van der Waals surface area (Å²) < 4.78 is 7.28. The van der Waals surface area contributed by atoms with E-state index >= 15 is 0 Å². The van der Waals surface area contributed by atoms with Crippen LogP contribution in [0.25, 0.3) is 22.2 Å². The van der Waals surface area contributed by atoms with Crippen molar-refractivity contribution < 1.29 is 9.53 Å². The number of hydrogen-bond acceptors (Lipinski definition) is 5. The second kappa shape index (κ2) is 10.7. The quantitative estimate of drug-likeness (QED) is 0.298. The Labute approximate surface area is 195 Å². The van der Waals surface area contributed by atoms with Crippen LogP contribution in [0.1, 0.15) is 69.6 Å². The highest BCUT2D eigenvalue weighted by atomic mass is 16.5. The fourth-order valence-electron chi connectivity index (χ4n) is 3.53. The average Bonchev–Trinajstić information content (AvgIpc) is 3.17. The van der Waals surface area contributed by atoms with Crippen molar-refractivity contribution in [1.29, 1.82) is 5.26 Å². The highest BCUT2D eigenvalue weighted by Crippen LogP contribution is 2.27. The molecular formula is C27H30N4O2. The Balaban J connectivity index is 1.75. The number of nitriles is 1. The molecule has 1 aromatic carbocycles. The Morgan fingerprint density at radius 2 is 1.97 bits per heavy atom. The lowest BCUT2D eigenvalue weighted by Crippen LogP contribution is -2.06. The van der Waals surface area contributed by atoms with E-state index in [9.17, 15) is 10.1 Å². The first-order chi connectivity index (χ1) is 15.8. The number of ether oxygens (including phenoxy) is 1. The minimum Gasteiger partial charge on any atom is -0.458 e. The lowest BCUT2D eigenvalue weighted by molar-refractivity contribution is 0.0549. The maximum atomic E-state index is 12.6. The van der Waals surface area contributed by atoms with Crippen LogP contribution in [0.2, 0.25) is 0 Å². The number of carbonyl (C=O) groups excluding carboxylic acids is 1. The van der Waals surface area contributed by atoms with Crippen molar-refractivity contribution in [2.24, 2.45) is 0 Å². The van der Waals surface area contributed by atoms with E-state index in [1.165, 1.54) is 11.1 Å². The van der Waals surface area contributed by atoms with E-state index in [2.05, 4.69) is 36.1 Å². The molecule has 3 aromatic rings. The molecule has 0 saturated carbocycles. The van der Waals surface area contributed by atoms with Crippen molar-refractivity contribution in [2.75, 3.05) is 6.61 Å². The highest BCUT2D eigenvalue weighted by molar-refractivity contribution is 5.92. The average molecular weight is 443 g/mol. The van der Waals surface area contributed by atoms with Gasteiger partial charge in [-0.3, -0.25) is 9.67 Å². The summed E-state index contributed by atoms with van der Waals surface area (Å²) in [6.07, 6.45) is 7.68. The van der Waals surface area contributed by atoms with Gasteiger partial charge in [-0.25, -0.2) is 4.79 Å². The Bertz CT molecular complexity index is 1250. The van der Waals surface area contributed by atoms with Gasteiger partial charge in [-0.1, -0.05) is 23.3 Å². The molecule has 0 aliphatic rings. The molecule has 0 fully saturated rings. The Morgan fingerprint density at radius 3 is 2.67 bits per heavy atom. The van der Waals surface area contributed by atoms with Crippen molar-refractivity contribution in [1.82, 2.24) is 14.8 Å². The Kier molecular flexibility index (Phi) is 7.78. The SMILES string of the molecule is CC(C)=CCCC(C)=CCOC(=O)c1ccnc(-c2ccc3c(c2)c(C#N)nn3C(C)C)c1. The molecule has 3 rings (SSSR count). The maximum Gasteiger partial charge on any atom is 0.338 e. The zero-order valence-electron chi connectivity index (χ0n) is 19.9. The van der Waals surface area contributed by atoms with Crippen LogP contribution in [0.5, 0.6) is 0 Å². The molecular weight excluding hydrogens is 412 g/mol. The van der Waals surface area contributed by atoms with Gasteiger partial charge >= 0.3 is 5.97 Å². The van der Waals surface area contributed by atoms with Crippen LogP contribution in [0.4, 0.5) is 0 Å². The summed E-state index contributed by atoms with van der Waals surface area (Å²) in [6, 6.07) is 11.4. The zero-order valence-corrected chi connectivity index (χ0v) is 19.9. The van der Waals surface area contributed by atoms with Gasteiger partial charge in [0.25, 0.3) is 0 Å². The summed E-state index contributed by atoms with van der Waals surface area (Å²) in [7, 11) is 0. The molecule has 0 aliphatic heterocycles. The van der Waals surface area contributed by atoms with Crippen LogP contribution in [-0.4, -0.2) is 27.3 Å². The largest absolute Gasteiger partial charge is 0.458 e. The molecule has 0 bridgehead atoms. The number of hydrogen-bond donors (Lipinski definition) is 0. The molecule has 0 unspecified atom stereocenters. The first-order valence-electron chi connectivity index (χ1n) is 11.1. The number of carbonyl (C=O) groups is 1. The van der Waals surface area contributed by atoms with E-state index in [-0.39, 0.29) is 12.6 Å². The summed E-state index contributed by atoms with van der Waals surface area (Å²) in [4.78, 5) is 17.0. The van der Waals surface area contributed by atoms with Crippen LogP contribution < -0.4 is 0 Å². The summed E-state index contributed by atoms with van der Waals surface area (Å²) in [5.41, 5.74) is 5.66. The van der Waals surface area contributed by atoms with Crippen LogP contribution in [0, 0.1) is 11.3 Å². The first kappa shape index (κ1) is 23.9. The number of pyridine rings is 1. The number of esters is 1. The van der Waals surface area contributed by atoms with E-state index in [4.69, 9.17) is 4.74 Å². The molecule has 0 saturated heterocycles. The van der Waals surface area contributed by atoms with Crippen LogP contribution >= 0.6 is 0 Å². The predicted octanol–water partition coefficient (Wildman–Crippen LogP) is 6.40. The highest BCUT2D eigenvalue weighted by Gasteiger charge is 2.15. The third-order valence-corrected chi connectivity index (χ3v) is 5.33. The van der Waals surface area contributed by atoms with E-state index in [0.29, 0.717) is 17.0 Å². The monoisotopic (exact) mass is 442 g/mol. The molecule has 2 heterocycles. The topological polar surface area (TPSA) is 80.8 Å².